The summed E-state index contributed by atoms with van der Waals surface area (Å²) in [5, 5.41) is 0. The molecule has 0 bridgehead atoms. The molecule has 0 unspecified atom stereocenters. The van der Waals surface area contributed by atoms with Crippen LogP contribution in [0, 0.1) is 0 Å². The minimum Gasteiger partial charge on any atom is -0.268 e. The van der Waals surface area contributed by atoms with E-state index in [1.807, 2.05) is 54.6 Å². The van der Waals surface area contributed by atoms with E-state index in [9.17, 15) is 9.59 Å². The average molecular weight is 477 g/mol. The Bertz CT molecular complexity index is 1470. The maximum atomic E-state index is 14.4. The molecule has 2 N–H and O–H groups in total. The number of carbonyl (C=O) groups excluding carboxylic acids is 1. The van der Waals surface area contributed by atoms with E-state index in [4.69, 9.17) is 4.98 Å². The topological polar surface area (TPSA) is 76.0 Å². The van der Waals surface area contributed by atoms with Gasteiger partial charge in [0.2, 0.25) is 5.95 Å². The summed E-state index contributed by atoms with van der Waals surface area (Å²) in [5.74, 6) is -0.0109. The zero-order valence-electron chi connectivity index (χ0n) is 20.0. The van der Waals surface area contributed by atoms with Crippen LogP contribution in [0.1, 0.15) is 53.6 Å². The standard InChI is InChI=1S/C30H28N4O2/c35-27(21-12-4-1-5-13-21)32-33-29-31-26-24-17-9-8-14-22(24)20-30(18-10-3-11-19-30)25(26)28(36)34(29)23-15-6-2-7-16-23/h1-2,4-9,12-17H,3,10-11,18-20H2,(H,31,33)(H,32,35). The van der Waals surface area contributed by atoms with E-state index in [-0.39, 0.29) is 22.8 Å². The van der Waals surface area contributed by atoms with Gasteiger partial charge in [0.05, 0.1) is 16.9 Å². The van der Waals surface area contributed by atoms with E-state index < -0.39 is 0 Å². The van der Waals surface area contributed by atoms with Gasteiger partial charge in [-0.05, 0) is 49.1 Å². The number of hydrazine groups is 1. The largest absolute Gasteiger partial charge is 0.269 e. The summed E-state index contributed by atoms with van der Waals surface area (Å²) in [6.45, 7) is 0. The molecule has 4 aromatic rings. The van der Waals surface area contributed by atoms with Gasteiger partial charge in [-0.2, -0.15) is 0 Å². The van der Waals surface area contributed by atoms with Crippen LogP contribution < -0.4 is 16.4 Å². The highest BCUT2D eigenvalue weighted by Gasteiger charge is 2.43. The molecule has 1 amide bonds. The highest BCUT2D eigenvalue weighted by atomic mass is 16.2. The lowest BCUT2D eigenvalue weighted by Crippen LogP contribution is -2.43. The van der Waals surface area contributed by atoms with E-state index in [1.54, 1.807) is 16.7 Å². The molecule has 6 nitrogen and oxygen atoms in total. The van der Waals surface area contributed by atoms with Crippen molar-refractivity contribution < 1.29 is 4.79 Å². The van der Waals surface area contributed by atoms with Crippen LogP contribution in [0.5, 0.6) is 0 Å². The van der Waals surface area contributed by atoms with Crippen molar-refractivity contribution in [1.82, 2.24) is 15.0 Å². The van der Waals surface area contributed by atoms with Gasteiger partial charge in [0.1, 0.15) is 0 Å². The Morgan fingerprint density at radius 2 is 1.50 bits per heavy atom. The molecule has 1 fully saturated rings. The molecule has 0 radical (unpaired) electrons. The lowest BCUT2D eigenvalue weighted by atomic mass is 9.62. The maximum absolute atomic E-state index is 14.4. The summed E-state index contributed by atoms with van der Waals surface area (Å²) in [5.41, 5.74) is 10.4. The Morgan fingerprint density at radius 3 is 2.25 bits per heavy atom. The van der Waals surface area contributed by atoms with Gasteiger partial charge in [-0.15, -0.1) is 0 Å². The Morgan fingerprint density at radius 1 is 0.833 bits per heavy atom. The fraction of sp³-hybridized carbons (Fsp3) is 0.233. The second kappa shape index (κ2) is 9.11. The zero-order valence-corrected chi connectivity index (χ0v) is 20.0. The van der Waals surface area contributed by atoms with Gasteiger partial charge in [-0.1, -0.05) is 79.9 Å². The van der Waals surface area contributed by atoms with Crippen LogP contribution in [-0.2, 0) is 11.8 Å². The monoisotopic (exact) mass is 476 g/mol. The summed E-state index contributed by atoms with van der Waals surface area (Å²) < 4.78 is 1.61. The predicted molar refractivity (Wildman–Crippen MR) is 141 cm³/mol. The first kappa shape index (κ1) is 22.3. The van der Waals surface area contributed by atoms with Gasteiger partial charge in [0.25, 0.3) is 11.5 Å². The van der Waals surface area contributed by atoms with Gasteiger partial charge in [-0.25, -0.2) is 9.55 Å². The average Bonchev–Trinajstić information content (AvgIpc) is 2.93. The molecular weight excluding hydrogens is 448 g/mol. The number of nitrogens with one attached hydrogen (secondary N) is 2. The normalized spacial score (nSPS) is 15.6. The van der Waals surface area contributed by atoms with E-state index in [0.29, 0.717) is 11.3 Å². The molecule has 6 heteroatoms. The summed E-state index contributed by atoms with van der Waals surface area (Å²) in [6, 6.07) is 26.7. The van der Waals surface area contributed by atoms with Crippen molar-refractivity contribution in [2.24, 2.45) is 0 Å². The third-order valence-corrected chi connectivity index (χ3v) is 7.56. The Kier molecular flexibility index (Phi) is 5.64. The molecule has 1 aromatic heterocycles. The van der Waals surface area contributed by atoms with Gasteiger partial charge in [-0.3, -0.25) is 20.4 Å². The Balaban J connectivity index is 1.53. The van der Waals surface area contributed by atoms with Crippen molar-refractivity contribution in [2.75, 3.05) is 5.43 Å². The molecule has 1 saturated carbocycles. The quantitative estimate of drug-likeness (QED) is 0.386. The van der Waals surface area contributed by atoms with Crippen molar-refractivity contribution in [1.29, 1.82) is 0 Å². The van der Waals surface area contributed by atoms with E-state index >= 15 is 0 Å². The molecule has 2 aliphatic rings. The summed E-state index contributed by atoms with van der Waals surface area (Å²) in [7, 11) is 0. The van der Waals surface area contributed by atoms with Crippen LogP contribution in [0.15, 0.2) is 89.7 Å². The van der Waals surface area contributed by atoms with Gasteiger partial charge < -0.3 is 0 Å². The third-order valence-electron chi connectivity index (χ3n) is 7.56. The number of amides is 1. The van der Waals surface area contributed by atoms with Crippen molar-refractivity contribution >= 4 is 11.9 Å². The van der Waals surface area contributed by atoms with Crippen molar-refractivity contribution in [3.05, 3.63) is 112 Å². The molecule has 0 atom stereocenters. The Labute approximate surface area is 210 Å². The van der Waals surface area contributed by atoms with Crippen LogP contribution in [0.2, 0.25) is 0 Å². The fourth-order valence-electron chi connectivity index (χ4n) is 5.88. The molecule has 1 spiro atoms. The molecule has 36 heavy (non-hydrogen) atoms. The summed E-state index contributed by atoms with van der Waals surface area (Å²) in [6.07, 6.45) is 6.25. The number of aromatic nitrogens is 2. The van der Waals surface area contributed by atoms with Gasteiger partial charge >= 0.3 is 0 Å². The molecule has 0 saturated heterocycles. The third kappa shape index (κ3) is 3.79. The molecule has 3 aromatic carbocycles. The summed E-state index contributed by atoms with van der Waals surface area (Å²) in [4.78, 5) is 32.2. The molecule has 180 valence electrons. The molecule has 1 heterocycles. The maximum Gasteiger partial charge on any atom is 0.269 e. The second-order valence-corrected chi connectivity index (χ2v) is 9.76. The van der Waals surface area contributed by atoms with Crippen LogP contribution in [0.3, 0.4) is 0 Å². The van der Waals surface area contributed by atoms with Crippen molar-refractivity contribution in [3.8, 4) is 16.9 Å². The highest BCUT2D eigenvalue weighted by molar-refractivity contribution is 5.94. The number of nitrogens with zero attached hydrogens (tertiary/aromatic N) is 2. The van der Waals surface area contributed by atoms with E-state index in [1.165, 1.54) is 12.0 Å². The van der Waals surface area contributed by atoms with Crippen LogP contribution in [0.4, 0.5) is 5.95 Å². The summed E-state index contributed by atoms with van der Waals surface area (Å²) >= 11 is 0. The number of hydrogen-bond donors (Lipinski definition) is 2. The van der Waals surface area contributed by atoms with E-state index in [0.717, 1.165) is 48.9 Å². The number of rotatable bonds is 4. The predicted octanol–water partition coefficient (Wildman–Crippen LogP) is 5.41. The van der Waals surface area contributed by atoms with Gasteiger partial charge in [0, 0.05) is 16.5 Å². The lowest BCUT2D eigenvalue weighted by molar-refractivity contribution is 0.0962. The second-order valence-electron chi connectivity index (χ2n) is 9.76. The molecule has 6 rings (SSSR count). The first-order chi connectivity index (χ1) is 17.7. The van der Waals surface area contributed by atoms with Crippen molar-refractivity contribution in [3.63, 3.8) is 0 Å². The fourth-order valence-corrected chi connectivity index (χ4v) is 5.88. The van der Waals surface area contributed by atoms with Gasteiger partial charge in [0.15, 0.2) is 0 Å². The van der Waals surface area contributed by atoms with Crippen molar-refractivity contribution in [2.45, 2.75) is 43.9 Å². The molecule has 0 aliphatic heterocycles. The number of hydrogen-bond acceptors (Lipinski definition) is 4. The minimum atomic E-state index is -0.300. The number of para-hydroxylation sites is 1. The molecule has 2 aliphatic carbocycles. The Hall–Kier alpha value is -4.19. The van der Waals surface area contributed by atoms with Crippen LogP contribution in [0.25, 0.3) is 16.9 Å². The minimum absolute atomic E-state index is 0.0703. The highest BCUT2D eigenvalue weighted by Crippen LogP contribution is 2.48. The van der Waals surface area contributed by atoms with Crippen LogP contribution >= 0.6 is 0 Å². The number of benzene rings is 3. The SMILES string of the molecule is O=C(NNc1nc2c(c(=O)n1-c1ccccc1)C1(CCCCC1)Cc1ccccc1-2)c1ccccc1. The number of carbonyl (C=O) groups is 1. The first-order valence-electron chi connectivity index (χ1n) is 12.6. The van der Waals surface area contributed by atoms with Crippen LogP contribution in [-0.4, -0.2) is 15.5 Å². The number of anilines is 1. The zero-order chi connectivity index (χ0) is 24.5. The lowest BCUT2D eigenvalue weighted by Gasteiger charge is -2.42. The smallest absolute Gasteiger partial charge is 0.268 e. The molecular formula is C30H28N4O2. The van der Waals surface area contributed by atoms with E-state index in [2.05, 4.69) is 29.1 Å². The number of fused-ring (bicyclic) bond motifs is 4. The first-order valence-corrected chi connectivity index (χ1v) is 12.6.